The summed E-state index contributed by atoms with van der Waals surface area (Å²) in [5, 5.41) is 11.2. The topological polar surface area (TPSA) is 113 Å². The Hall–Kier alpha value is -3.07. The minimum Gasteiger partial charge on any atom is -0.480 e. The average Bonchev–Trinajstić information content (AvgIpc) is 2.66. The highest BCUT2D eigenvalue weighted by molar-refractivity contribution is 6.42. The molecular weight excluding hydrogens is 459 g/mol. The summed E-state index contributed by atoms with van der Waals surface area (Å²) < 4.78 is 5.02. The molecule has 0 saturated carbocycles. The second-order valence-corrected chi connectivity index (χ2v) is 7.18. The number of hydrogen-bond donors (Lipinski definition) is 2. The quantitative estimate of drug-likeness (QED) is 0.509. The number of urea groups is 1. The SMILES string of the molecule is O=C(O)COc1ccc(C=C2C(=O)NC(=O)N(c3ccc(Cl)cc3Cl)C2=O)cc1Cl. The largest absolute Gasteiger partial charge is 0.480 e. The van der Waals surface area contributed by atoms with E-state index >= 15 is 0 Å². The highest BCUT2D eigenvalue weighted by Gasteiger charge is 2.37. The number of barbiturate groups is 1. The summed E-state index contributed by atoms with van der Waals surface area (Å²) >= 11 is 18.0. The maximum Gasteiger partial charge on any atom is 0.341 e. The van der Waals surface area contributed by atoms with Crippen LogP contribution in [0.4, 0.5) is 10.5 Å². The van der Waals surface area contributed by atoms with E-state index in [-0.39, 0.29) is 27.1 Å². The first-order valence-electron chi connectivity index (χ1n) is 8.18. The van der Waals surface area contributed by atoms with Gasteiger partial charge < -0.3 is 9.84 Å². The van der Waals surface area contributed by atoms with Crippen LogP contribution in [0.5, 0.6) is 5.75 Å². The summed E-state index contributed by atoms with van der Waals surface area (Å²) in [5.41, 5.74) is 0.0611. The molecule has 0 bridgehead atoms. The maximum atomic E-state index is 12.9. The monoisotopic (exact) mass is 468 g/mol. The minimum absolute atomic E-state index is 0.0441. The fourth-order valence-electron chi connectivity index (χ4n) is 2.57. The van der Waals surface area contributed by atoms with Gasteiger partial charge in [-0.1, -0.05) is 40.9 Å². The molecule has 2 aromatic rings. The average molecular weight is 470 g/mol. The van der Waals surface area contributed by atoms with Crippen molar-refractivity contribution in [2.24, 2.45) is 0 Å². The molecule has 2 aromatic carbocycles. The van der Waals surface area contributed by atoms with E-state index in [0.29, 0.717) is 10.6 Å². The Morgan fingerprint density at radius 3 is 2.43 bits per heavy atom. The summed E-state index contributed by atoms with van der Waals surface area (Å²) in [7, 11) is 0. The zero-order valence-corrected chi connectivity index (χ0v) is 17.1. The van der Waals surface area contributed by atoms with Gasteiger partial charge in [0.05, 0.1) is 15.7 Å². The third kappa shape index (κ3) is 4.56. The van der Waals surface area contributed by atoms with Gasteiger partial charge in [-0.25, -0.2) is 14.5 Å². The molecule has 3 rings (SSSR count). The Kier molecular flexibility index (Phi) is 6.31. The Labute approximate surface area is 184 Å². The van der Waals surface area contributed by atoms with Crippen LogP contribution >= 0.6 is 34.8 Å². The molecule has 30 heavy (non-hydrogen) atoms. The zero-order valence-electron chi connectivity index (χ0n) is 14.8. The molecule has 0 atom stereocenters. The zero-order chi connectivity index (χ0) is 22.0. The summed E-state index contributed by atoms with van der Waals surface area (Å²) in [6.45, 7) is -0.583. The Morgan fingerprint density at radius 1 is 1.07 bits per heavy atom. The predicted octanol–water partition coefficient (Wildman–Crippen LogP) is 3.78. The van der Waals surface area contributed by atoms with Crippen molar-refractivity contribution < 1.29 is 29.0 Å². The number of carboxylic acid groups (broad SMARTS) is 1. The standard InChI is InChI=1S/C19H11Cl3N2O6/c20-10-2-3-14(12(21)7-10)24-18(28)11(17(27)23-19(24)29)5-9-1-4-15(13(22)6-9)30-8-16(25)26/h1-7H,8H2,(H,25,26)(H,23,27,29). The second kappa shape index (κ2) is 8.74. The molecule has 0 spiro atoms. The number of carbonyl (C=O) groups is 4. The summed E-state index contributed by atoms with van der Waals surface area (Å²) in [6, 6.07) is 7.45. The van der Waals surface area contributed by atoms with Crippen LogP contribution in [-0.4, -0.2) is 35.5 Å². The first-order chi connectivity index (χ1) is 14.2. The molecule has 1 fully saturated rings. The lowest BCUT2D eigenvalue weighted by Crippen LogP contribution is -2.54. The number of anilines is 1. The van der Waals surface area contributed by atoms with Crippen LogP contribution in [0, 0.1) is 0 Å². The van der Waals surface area contributed by atoms with Gasteiger partial charge in [-0.3, -0.25) is 14.9 Å². The van der Waals surface area contributed by atoms with Gasteiger partial charge in [-0.05, 0) is 42.0 Å². The molecule has 8 nitrogen and oxygen atoms in total. The van der Waals surface area contributed by atoms with Crippen molar-refractivity contribution in [1.29, 1.82) is 0 Å². The number of benzene rings is 2. The van der Waals surface area contributed by atoms with E-state index in [9.17, 15) is 19.2 Å². The molecule has 0 aromatic heterocycles. The molecule has 1 aliphatic heterocycles. The molecule has 1 heterocycles. The minimum atomic E-state index is -1.17. The van der Waals surface area contributed by atoms with Gasteiger partial charge >= 0.3 is 12.0 Å². The number of imide groups is 2. The molecule has 4 amide bonds. The number of halogens is 3. The maximum absolute atomic E-state index is 12.9. The number of amides is 4. The number of rotatable bonds is 5. The van der Waals surface area contributed by atoms with E-state index in [2.05, 4.69) is 5.32 Å². The van der Waals surface area contributed by atoms with Gasteiger partial charge in [0.15, 0.2) is 6.61 Å². The number of aliphatic carboxylic acids is 1. The summed E-state index contributed by atoms with van der Waals surface area (Å²) in [4.78, 5) is 48.7. The summed E-state index contributed by atoms with van der Waals surface area (Å²) in [5.74, 6) is -2.85. The van der Waals surface area contributed by atoms with Crippen molar-refractivity contribution in [3.63, 3.8) is 0 Å². The highest BCUT2D eigenvalue weighted by atomic mass is 35.5. The van der Waals surface area contributed by atoms with Crippen LogP contribution in [0.3, 0.4) is 0 Å². The predicted molar refractivity (Wildman–Crippen MR) is 110 cm³/mol. The fraction of sp³-hybridized carbons (Fsp3) is 0.0526. The number of carboxylic acids is 1. The van der Waals surface area contributed by atoms with Gasteiger partial charge in [0.25, 0.3) is 11.8 Å². The van der Waals surface area contributed by atoms with Crippen molar-refractivity contribution in [2.75, 3.05) is 11.5 Å². The lowest BCUT2D eigenvalue weighted by atomic mass is 10.1. The third-order valence-electron chi connectivity index (χ3n) is 3.87. The van der Waals surface area contributed by atoms with Gasteiger partial charge in [0, 0.05) is 5.02 Å². The lowest BCUT2D eigenvalue weighted by molar-refractivity contribution is -0.139. The Morgan fingerprint density at radius 2 is 1.80 bits per heavy atom. The summed E-state index contributed by atoms with van der Waals surface area (Å²) in [6.07, 6.45) is 1.23. The third-order valence-corrected chi connectivity index (χ3v) is 4.70. The van der Waals surface area contributed by atoms with Crippen LogP contribution in [-0.2, 0) is 14.4 Å². The van der Waals surface area contributed by atoms with Gasteiger partial charge in [0.1, 0.15) is 11.3 Å². The highest BCUT2D eigenvalue weighted by Crippen LogP contribution is 2.32. The Balaban J connectivity index is 1.94. The molecule has 2 N–H and O–H groups in total. The first-order valence-corrected chi connectivity index (χ1v) is 9.31. The van der Waals surface area contributed by atoms with Gasteiger partial charge in [0.2, 0.25) is 0 Å². The molecule has 1 aliphatic rings. The van der Waals surface area contributed by atoms with Crippen molar-refractivity contribution >= 4 is 70.4 Å². The normalized spacial score (nSPS) is 15.4. The molecule has 154 valence electrons. The van der Waals surface area contributed by atoms with Crippen LogP contribution < -0.4 is 15.0 Å². The van der Waals surface area contributed by atoms with E-state index in [1.807, 2.05) is 0 Å². The molecule has 11 heteroatoms. The van der Waals surface area contributed by atoms with Gasteiger partial charge in [-0.15, -0.1) is 0 Å². The van der Waals surface area contributed by atoms with Crippen LogP contribution in [0.2, 0.25) is 15.1 Å². The molecule has 0 aliphatic carbocycles. The van der Waals surface area contributed by atoms with Crippen molar-refractivity contribution in [3.8, 4) is 5.75 Å². The van der Waals surface area contributed by atoms with Crippen LogP contribution in [0.15, 0.2) is 42.0 Å². The number of nitrogens with zero attached hydrogens (tertiary/aromatic N) is 1. The van der Waals surface area contributed by atoms with Crippen LogP contribution in [0.1, 0.15) is 5.56 Å². The van der Waals surface area contributed by atoms with E-state index in [0.717, 1.165) is 4.90 Å². The van der Waals surface area contributed by atoms with E-state index < -0.39 is 30.4 Å². The number of carbonyl (C=O) groups excluding carboxylic acids is 3. The van der Waals surface area contributed by atoms with Crippen LogP contribution in [0.25, 0.3) is 6.08 Å². The van der Waals surface area contributed by atoms with E-state index in [1.54, 1.807) is 0 Å². The van der Waals surface area contributed by atoms with Crippen molar-refractivity contribution in [3.05, 3.63) is 62.6 Å². The number of hydrogen-bond acceptors (Lipinski definition) is 5. The second-order valence-electron chi connectivity index (χ2n) is 5.93. The molecule has 1 saturated heterocycles. The first kappa shape index (κ1) is 21.6. The van der Waals surface area contributed by atoms with E-state index in [4.69, 9.17) is 44.6 Å². The fourth-order valence-corrected chi connectivity index (χ4v) is 3.31. The Bertz CT molecular complexity index is 1120. The number of nitrogens with one attached hydrogen (secondary N) is 1. The molecule has 0 radical (unpaired) electrons. The number of ether oxygens (including phenoxy) is 1. The van der Waals surface area contributed by atoms with Crippen molar-refractivity contribution in [2.45, 2.75) is 0 Å². The molecule has 0 unspecified atom stereocenters. The lowest BCUT2D eigenvalue weighted by Gasteiger charge is -2.27. The van der Waals surface area contributed by atoms with E-state index in [1.165, 1.54) is 42.5 Å². The smallest absolute Gasteiger partial charge is 0.341 e. The molecular formula is C19H11Cl3N2O6. The van der Waals surface area contributed by atoms with Gasteiger partial charge in [-0.2, -0.15) is 0 Å². The van der Waals surface area contributed by atoms with Crippen molar-refractivity contribution in [1.82, 2.24) is 5.32 Å².